The van der Waals surface area contributed by atoms with Crippen LogP contribution in [-0.4, -0.2) is 0 Å². The van der Waals surface area contributed by atoms with Crippen molar-refractivity contribution in [3.63, 3.8) is 0 Å². The Hall–Kier alpha value is -0.560. The van der Waals surface area contributed by atoms with E-state index in [0.717, 1.165) is 11.1 Å². The summed E-state index contributed by atoms with van der Waals surface area (Å²) in [6.07, 6.45) is 0. The van der Waals surface area contributed by atoms with Crippen LogP contribution in [0, 0.1) is 19.7 Å². The Balaban J connectivity index is 3.28. The van der Waals surface area contributed by atoms with Crippen LogP contribution in [0.4, 0.5) is 4.39 Å². The zero-order chi connectivity index (χ0) is 7.72. The molecule has 1 aromatic carbocycles. The van der Waals surface area contributed by atoms with Gasteiger partial charge in [-0.1, -0.05) is 11.6 Å². The van der Waals surface area contributed by atoms with Crippen molar-refractivity contribution in [2.75, 3.05) is 0 Å². The maximum Gasteiger partial charge on any atom is 0.142 e. The van der Waals surface area contributed by atoms with Gasteiger partial charge in [-0.25, -0.2) is 4.39 Å². The molecule has 0 aliphatic rings. The molecule has 1 aromatic rings. The fourth-order valence-electron chi connectivity index (χ4n) is 0.746. The summed E-state index contributed by atoms with van der Waals surface area (Å²) in [7, 11) is 0. The lowest BCUT2D eigenvalue weighted by molar-refractivity contribution is 0.626. The fraction of sp³-hybridized carbons (Fsp3) is 0.250. The van der Waals surface area contributed by atoms with E-state index in [4.69, 9.17) is 11.6 Å². The summed E-state index contributed by atoms with van der Waals surface area (Å²) in [6.45, 7) is 3.76. The smallest absolute Gasteiger partial charge is 0.142 e. The summed E-state index contributed by atoms with van der Waals surface area (Å²) in [5.74, 6) is -0.343. The minimum atomic E-state index is -0.343. The predicted octanol–water partition coefficient (Wildman–Crippen LogP) is 3.10. The molecular weight excluding hydrogens is 151 g/mol. The Morgan fingerprint density at radius 3 is 2.20 bits per heavy atom. The SMILES string of the molecule is Cc1cc(F)c(Cl)cc1C. The van der Waals surface area contributed by atoms with E-state index in [1.165, 1.54) is 6.07 Å². The van der Waals surface area contributed by atoms with E-state index < -0.39 is 0 Å². The van der Waals surface area contributed by atoms with E-state index in [2.05, 4.69) is 0 Å². The third-order valence-electron chi connectivity index (χ3n) is 1.54. The first-order valence-corrected chi connectivity index (χ1v) is 3.41. The molecule has 0 aliphatic heterocycles. The number of benzene rings is 1. The molecule has 0 aliphatic carbocycles. The van der Waals surface area contributed by atoms with Crippen LogP contribution in [0.5, 0.6) is 0 Å². The van der Waals surface area contributed by atoms with Crippen LogP contribution in [0.1, 0.15) is 11.1 Å². The van der Waals surface area contributed by atoms with Crippen LogP contribution in [-0.2, 0) is 0 Å². The van der Waals surface area contributed by atoms with Crippen molar-refractivity contribution in [2.24, 2.45) is 0 Å². The molecule has 0 amide bonds. The fourth-order valence-corrected chi connectivity index (χ4v) is 0.964. The molecule has 0 atom stereocenters. The number of aryl methyl sites for hydroxylation is 2. The predicted molar refractivity (Wildman–Crippen MR) is 40.9 cm³/mol. The van der Waals surface area contributed by atoms with Crippen molar-refractivity contribution in [1.29, 1.82) is 0 Å². The average molecular weight is 159 g/mol. The summed E-state index contributed by atoms with van der Waals surface area (Å²) >= 11 is 5.51. The first kappa shape index (κ1) is 7.55. The molecule has 10 heavy (non-hydrogen) atoms. The van der Waals surface area contributed by atoms with E-state index in [9.17, 15) is 4.39 Å². The van der Waals surface area contributed by atoms with E-state index in [1.54, 1.807) is 6.07 Å². The Morgan fingerprint density at radius 2 is 1.70 bits per heavy atom. The van der Waals surface area contributed by atoms with Gasteiger partial charge in [-0.2, -0.15) is 0 Å². The molecular formula is C8H8ClF. The van der Waals surface area contributed by atoms with Crippen molar-refractivity contribution in [2.45, 2.75) is 13.8 Å². The van der Waals surface area contributed by atoms with Crippen LogP contribution < -0.4 is 0 Å². The van der Waals surface area contributed by atoms with Crippen LogP contribution in [0.25, 0.3) is 0 Å². The van der Waals surface area contributed by atoms with Gasteiger partial charge in [0.2, 0.25) is 0 Å². The summed E-state index contributed by atoms with van der Waals surface area (Å²) in [4.78, 5) is 0. The molecule has 0 spiro atoms. The lowest BCUT2D eigenvalue weighted by Gasteiger charge is -1.99. The quantitative estimate of drug-likeness (QED) is 0.544. The van der Waals surface area contributed by atoms with Gasteiger partial charge >= 0.3 is 0 Å². The summed E-state index contributed by atoms with van der Waals surface area (Å²) in [6, 6.07) is 3.07. The first-order chi connectivity index (χ1) is 4.61. The zero-order valence-electron chi connectivity index (χ0n) is 5.91. The van der Waals surface area contributed by atoms with Crippen molar-refractivity contribution in [1.82, 2.24) is 0 Å². The molecule has 0 saturated heterocycles. The second kappa shape index (κ2) is 2.59. The highest BCUT2D eigenvalue weighted by Gasteiger charge is 2.00. The molecule has 0 fully saturated rings. The number of hydrogen-bond acceptors (Lipinski definition) is 0. The van der Waals surface area contributed by atoms with E-state index in [0.29, 0.717) is 0 Å². The third kappa shape index (κ3) is 1.29. The Labute approximate surface area is 64.6 Å². The van der Waals surface area contributed by atoms with Gasteiger partial charge < -0.3 is 0 Å². The molecule has 0 aromatic heterocycles. The molecule has 2 heteroatoms. The van der Waals surface area contributed by atoms with Crippen LogP contribution in [0.3, 0.4) is 0 Å². The maximum atomic E-state index is 12.6. The van der Waals surface area contributed by atoms with Gasteiger partial charge in [0.25, 0.3) is 0 Å². The third-order valence-corrected chi connectivity index (χ3v) is 1.83. The minimum Gasteiger partial charge on any atom is -0.205 e. The highest BCUT2D eigenvalue weighted by molar-refractivity contribution is 6.30. The largest absolute Gasteiger partial charge is 0.205 e. The number of halogens is 2. The molecule has 0 unspecified atom stereocenters. The topological polar surface area (TPSA) is 0 Å². The van der Waals surface area contributed by atoms with Crippen molar-refractivity contribution < 1.29 is 4.39 Å². The second-order valence-corrected chi connectivity index (χ2v) is 2.76. The summed E-state index contributed by atoms with van der Waals surface area (Å²) < 4.78 is 12.6. The Morgan fingerprint density at radius 1 is 1.20 bits per heavy atom. The van der Waals surface area contributed by atoms with E-state index >= 15 is 0 Å². The molecule has 0 N–H and O–H groups in total. The standard InChI is InChI=1S/C8H8ClF/c1-5-3-7(9)8(10)4-6(5)2/h3-4H,1-2H3. The van der Waals surface area contributed by atoms with Crippen LogP contribution >= 0.6 is 11.6 Å². The van der Waals surface area contributed by atoms with Gasteiger partial charge in [0.05, 0.1) is 5.02 Å². The van der Waals surface area contributed by atoms with Gasteiger partial charge in [-0.15, -0.1) is 0 Å². The first-order valence-electron chi connectivity index (χ1n) is 3.03. The van der Waals surface area contributed by atoms with Gasteiger partial charge in [0, 0.05) is 0 Å². The molecule has 0 nitrogen and oxygen atoms in total. The molecule has 1 rings (SSSR count). The normalized spacial score (nSPS) is 10.0. The monoisotopic (exact) mass is 158 g/mol. The summed E-state index contributed by atoms with van der Waals surface area (Å²) in [5.41, 5.74) is 1.95. The molecule has 0 radical (unpaired) electrons. The minimum absolute atomic E-state index is 0.197. The van der Waals surface area contributed by atoms with Crippen molar-refractivity contribution >= 4 is 11.6 Å². The second-order valence-electron chi connectivity index (χ2n) is 2.35. The Kier molecular flexibility index (Phi) is 1.95. The lowest BCUT2D eigenvalue weighted by atomic mass is 10.1. The lowest BCUT2D eigenvalue weighted by Crippen LogP contribution is -1.83. The summed E-state index contributed by atoms with van der Waals surface area (Å²) in [5, 5.41) is 0.197. The highest BCUT2D eigenvalue weighted by Crippen LogP contribution is 2.18. The molecule has 0 heterocycles. The van der Waals surface area contributed by atoms with Crippen LogP contribution in [0.2, 0.25) is 5.02 Å². The highest BCUT2D eigenvalue weighted by atomic mass is 35.5. The number of rotatable bonds is 0. The molecule has 0 saturated carbocycles. The molecule has 54 valence electrons. The van der Waals surface area contributed by atoms with Gasteiger partial charge in [-0.05, 0) is 37.1 Å². The van der Waals surface area contributed by atoms with Crippen LogP contribution in [0.15, 0.2) is 12.1 Å². The number of hydrogen-bond donors (Lipinski definition) is 0. The van der Waals surface area contributed by atoms with Gasteiger partial charge in [0.15, 0.2) is 0 Å². The molecule has 0 bridgehead atoms. The van der Waals surface area contributed by atoms with Gasteiger partial charge in [0.1, 0.15) is 5.82 Å². The van der Waals surface area contributed by atoms with E-state index in [1.807, 2.05) is 13.8 Å². The zero-order valence-corrected chi connectivity index (χ0v) is 6.67. The van der Waals surface area contributed by atoms with E-state index in [-0.39, 0.29) is 10.8 Å². The Bertz CT molecular complexity index is 205. The van der Waals surface area contributed by atoms with Gasteiger partial charge in [-0.3, -0.25) is 0 Å². The maximum absolute atomic E-state index is 12.6. The van der Waals surface area contributed by atoms with Crippen molar-refractivity contribution in [3.05, 3.63) is 34.1 Å². The average Bonchev–Trinajstić information content (AvgIpc) is 1.84. The van der Waals surface area contributed by atoms with Crippen molar-refractivity contribution in [3.8, 4) is 0 Å².